The van der Waals surface area contributed by atoms with E-state index in [4.69, 9.17) is 0 Å². The van der Waals surface area contributed by atoms with Crippen LogP contribution < -0.4 is 4.90 Å². The molecular weight excluding hydrogens is 314 g/mol. The number of anilines is 1. The number of fused-ring (bicyclic) bond motifs is 2. The summed E-state index contributed by atoms with van der Waals surface area (Å²) in [6.45, 7) is 2.97. The maximum Gasteiger partial charge on any atom is 0.0772 e. The fraction of sp³-hybridized carbons (Fsp3) is 0.647. The number of hydrogen-bond acceptors (Lipinski definition) is 2. The number of benzene rings is 1. The van der Waals surface area contributed by atoms with E-state index in [1.807, 2.05) is 6.07 Å². The molecule has 0 spiro atoms. The van der Waals surface area contributed by atoms with Crippen LogP contribution in [0.25, 0.3) is 0 Å². The molecule has 2 aliphatic carbocycles. The molecule has 0 radical (unpaired) electrons. The molecule has 2 bridgehead atoms. The lowest BCUT2D eigenvalue weighted by Crippen LogP contribution is -2.28. The highest BCUT2D eigenvalue weighted by atomic mass is 79.9. The van der Waals surface area contributed by atoms with Gasteiger partial charge in [0, 0.05) is 23.8 Å². The van der Waals surface area contributed by atoms with Gasteiger partial charge in [0.2, 0.25) is 0 Å². The quantitative estimate of drug-likeness (QED) is 0.881. The maximum absolute atomic E-state index is 9.69. The Morgan fingerprint density at radius 2 is 2.15 bits per heavy atom. The standard InChI is InChI=1S/C17H24BrNO/c1-11(20)16-6-5-15(9-17(16)18)19(2)10-14-8-12-3-4-13(14)7-12/h5-6,9,11-14,20H,3-4,7-8,10H2,1-2H3/t11-,12?,13?,14?/m0/s1. The Labute approximate surface area is 130 Å². The third-order valence-electron chi connectivity index (χ3n) is 5.27. The van der Waals surface area contributed by atoms with Crippen molar-refractivity contribution in [2.75, 3.05) is 18.5 Å². The Bertz CT molecular complexity index is 488. The Balaban J connectivity index is 1.68. The largest absolute Gasteiger partial charge is 0.389 e. The van der Waals surface area contributed by atoms with E-state index in [1.54, 1.807) is 6.92 Å². The van der Waals surface area contributed by atoms with Gasteiger partial charge in [-0.1, -0.05) is 28.4 Å². The van der Waals surface area contributed by atoms with E-state index in [1.165, 1.54) is 37.9 Å². The van der Waals surface area contributed by atoms with Crippen LogP contribution in [-0.4, -0.2) is 18.7 Å². The van der Waals surface area contributed by atoms with Crippen molar-refractivity contribution in [2.24, 2.45) is 17.8 Å². The van der Waals surface area contributed by atoms with Gasteiger partial charge in [-0.05, 0) is 61.6 Å². The fourth-order valence-electron chi connectivity index (χ4n) is 4.15. The summed E-state index contributed by atoms with van der Waals surface area (Å²) in [4.78, 5) is 2.38. The molecule has 0 amide bonds. The van der Waals surface area contributed by atoms with Crippen LogP contribution in [0.1, 0.15) is 44.3 Å². The van der Waals surface area contributed by atoms with E-state index in [2.05, 4.69) is 40.0 Å². The van der Waals surface area contributed by atoms with Crippen LogP contribution in [0.2, 0.25) is 0 Å². The second-order valence-corrected chi connectivity index (χ2v) is 7.55. The Morgan fingerprint density at radius 3 is 2.70 bits per heavy atom. The van der Waals surface area contributed by atoms with Crippen LogP contribution in [0.5, 0.6) is 0 Å². The zero-order valence-corrected chi connectivity index (χ0v) is 13.9. The van der Waals surface area contributed by atoms with Gasteiger partial charge in [0.15, 0.2) is 0 Å². The molecule has 4 atom stereocenters. The number of halogens is 1. The predicted molar refractivity (Wildman–Crippen MR) is 87.0 cm³/mol. The second-order valence-electron chi connectivity index (χ2n) is 6.70. The molecule has 3 unspecified atom stereocenters. The van der Waals surface area contributed by atoms with E-state index in [-0.39, 0.29) is 0 Å². The molecule has 2 fully saturated rings. The molecule has 1 aromatic carbocycles. The van der Waals surface area contributed by atoms with Gasteiger partial charge in [-0.15, -0.1) is 0 Å². The first-order valence-corrected chi connectivity index (χ1v) is 8.52. The highest BCUT2D eigenvalue weighted by Gasteiger charge is 2.39. The van der Waals surface area contributed by atoms with Crippen molar-refractivity contribution in [2.45, 2.75) is 38.7 Å². The van der Waals surface area contributed by atoms with Crippen LogP contribution in [0.4, 0.5) is 5.69 Å². The van der Waals surface area contributed by atoms with Crippen molar-refractivity contribution in [3.63, 3.8) is 0 Å². The molecule has 2 saturated carbocycles. The minimum Gasteiger partial charge on any atom is -0.389 e. The highest BCUT2D eigenvalue weighted by Crippen LogP contribution is 2.48. The predicted octanol–water partition coefficient (Wildman–Crippen LogP) is 4.37. The normalized spacial score (nSPS) is 29.7. The van der Waals surface area contributed by atoms with E-state index in [9.17, 15) is 5.11 Å². The summed E-state index contributed by atoms with van der Waals surface area (Å²) in [5.74, 6) is 2.87. The molecule has 0 saturated heterocycles. The van der Waals surface area contributed by atoms with Gasteiger partial charge < -0.3 is 10.0 Å². The summed E-state index contributed by atoms with van der Waals surface area (Å²) in [5, 5.41) is 9.69. The summed E-state index contributed by atoms with van der Waals surface area (Å²) in [7, 11) is 2.19. The van der Waals surface area contributed by atoms with E-state index in [0.29, 0.717) is 0 Å². The van der Waals surface area contributed by atoms with Gasteiger partial charge in [0.25, 0.3) is 0 Å². The molecule has 1 aromatic rings. The summed E-state index contributed by atoms with van der Waals surface area (Å²) >= 11 is 3.57. The molecule has 0 aliphatic heterocycles. The molecule has 2 nitrogen and oxygen atoms in total. The molecule has 110 valence electrons. The molecule has 0 heterocycles. The third kappa shape index (κ3) is 2.75. The van der Waals surface area contributed by atoms with Crippen molar-refractivity contribution in [1.82, 2.24) is 0 Å². The molecule has 3 heteroatoms. The second kappa shape index (κ2) is 5.69. The number of hydrogen-bond donors (Lipinski definition) is 1. The van der Waals surface area contributed by atoms with Crippen molar-refractivity contribution >= 4 is 21.6 Å². The molecule has 1 N–H and O–H groups in total. The first-order chi connectivity index (χ1) is 9.54. The summed E-state index contributed by atoms with van der Waals surface area (Å²) in [6, 6.07) is 6.29. The van der Waals surface area contributed by atoms with Crippen LogP contribution >= 0.6 is 15.9 Å². The summed E-state index contributed by atoms with van der Waals surface area (Å²) in [6.07, 6.45) is 5.41. The van der Waals surface area contributed by atoms with Gasteiger partial charge >= 0.3 is 0 Å². The number of nitrogens with zero attached hydrogens (tertiary/aromatic N) is 1. The zero-order chi connectivity index (χ0) is 14.3. The van der Waals surface area contributed by atoms with Gasteiger partial charge in [-0.2, -0.15) is 0 Å². The first kappa shape index (κ1) is 14.4. The zero-order valence-electron chi connectivity index (χ0n) is 12.3. The maximum atomic E-state index is 9.69. The van der Waals surface area contributed by atoms with Crippen molar-refractivity contribution in [3.8, 4) is 0 Å². The molecule has 20 heavy (non-hydrogen) atoms. The van der Waals surface area contributed by atoms with E-state index >= 15 is 0 Å². The Hall–Kier alpha value is -0.540. The number of aliphatic hydroxyl groups is 1. The van der Waals surface area contributed by atoms with E-state index < -0.39 is 6.10 Å². The first-order valence-electron chi connectivity index (χ1n) is 7.73. The monoisotopic (exact) mass is 337 g/mol. The third-order valence-corrected chi connectivity index (χ3v) is 5.95. The van der Waals surface area contributed by atoms with Gasteiger partial charge in [0.05, 0.1) is 6.10 Å². The Kier molecular flexibility index (Phi) is 4.09. The lowest BCUT2D eigenvalue weighted by atomic mass is 9.88. The average Bonchev–Trinajstić information content (AvgIpc) is 3.00. The Morgan fingerprint density at radius 1 is 1.35 bits per heavy atom. The average molecular weight is 338 g/mol. The number of rotatable bonds is 4. The van der Waals surface area contributed by atoms with Gasteiger partial charge in [-0.25, -0.2) is 0 Å². The van der Waals surface area contributed by atoms with Crippen molar-refractivity contribution in [3.05, 3.63) is 28.2 Å². The van der Waals surface area contributed by atoms with Gasteiger partial charge in [0.1, 0.15) is 0 Å². The highest BCUT2D eigenvalue weighted by molar-refractivity contribution is 9.10. The van der Waals surface area contributed by atoms with E-state index in [0.717, 1.165) is 27.8 Å². The molecule has 0 aromatic heterocycles. The smallest absolute Gasteiger partial charge is 0.0772 e. The molecular formula is C17H24BrNO. The minimum absolute atomic E-state index is 0.422. The van der Waals surface area contributed by atoms with Gasteiger partial charge in [-0.3, -0.25) is 0 Å². The SMILES string of the molecule is C[C@H](O)c1ccc(N(C)CC2CC3CCC2C3)cc1Br. The lowest BCUT2D eigenvalue weighted by Gasteiger charge is -2.29. The summed E-state index contributed by atoms with van der Waals surface area (Å²) < 4.78 is 1.00. The minimum atomic E-state index is -0.422. The lowest BCUT2D eigenvalue weighted by molar-refractivity contribution is 0.198. The van der Waals surface area contributed by atoms with Crippen LogP contribution in [-0.2, 0) is 0 Å². The van der Waals surface area contributed by atoms with Crippen molar-refractivity contribution < 1.29 is 5.11 Å². The van der Waals surface area contributed by atoms with Crippen LogP contribution in [0, 0.1) is 17.8 Å². The fourth-order valence-corrected chi connectivity index (χ4v) is 4.85. The summed E-state index contributed by atoms with van der Waals surface area (Å²) in [5.41, 5.74) is 2.20. The van der Waals surface area contributed by atoms with Crippen LogP contribution in [0.15, 0.2) is 22.7 Å². The number of aliphatic hydroxyl groups excluding tert-OH is 1. The van der Waals surface area contributed by atoms with Crippen molar-refractivity contribution in [1.29, 1.82) is 0 Å². The molecule has 3 rings (SSSR count). The molecule has 2 aliphatic rings. The van der Waals surface area contributed by atoms with Crippen LogP contribution in [0.3, 0.4) is 0 Å². The topological polar surface area (TPSA) is 23.5 Å².